The van der Waals surface area contributed by atoms with Gasteiger partial charge in [-0.1, -0.05) is 6.92 Å². The highest BCUT2D eigenvalue weighted by Crippen LogP contribution is 2.41. The topological polar surface area (TPSA) is 76.7 Å². The molecule has 0 bridgehead atoms. The summed E-state index contributed by atoms with van der Waals surface area (Å²) in [6.07, 6.45) is 15.1. The Kier molecular flexibility index (Phi) is 3.19. The van der Waals surface area contributed by atoms with Crippen LogP contribution < -0.4 is 0 Å². The molecule has 7 nitrogen and oxygen atoms in total. The van der Waals surface area contributed by atoms with E-state index < -0.39 is 0 Å². The van der Waals surface area contributed by atoms with Gasteiger partial charge in [-0.25, -0.2) is 9.50 Å². The third-order valence-corrected chi connectivity index (χ3v) is 4.98. The van der Waals surface area contributed by atoms with Crippen molar-refractivity contribution in [1.29, 1.82) is 0 Å². The first kappa shape index (κ1) is 14.4. The zero-order valence-corrected chi connectivity index (χ0v) is 14.0. The van der Waals surface area contributed by atoms with Crippen LogP contribution in [0.3, 0.4) is 0 Å². The van der Waals surface area contributed by atoms with Crippen LogP contribution >= 0.6 is 0 Å². The molecule has 7 heteroatoms. The summed E-state index contributed by atoms with van der Waals surface area (Å²) in [6, 6.07) is 2.48. The van der Waals surface area contributed by atoms with Crippen LogP contribution in [0.5, 0.6) is 0 Å². The molecule has 0 saturated heterocycles. The van der Waals surface area contributed by atoms with Crippen molar-refractivity contribution in [2.75, 3.05) is 0 Å². The molecule has 5 rings (SSSR count). The number of hydrogen-bond donors (Lipinski definition) is 1. The van der Waals surface area contributed by atoms with Crippen molar-refractivity contribution in [3.05, 3.63) is 43.2 Å². The van der Waals surface area contributed by atoms with E-state index in [0.717, 1.165) is 40.4 Å². The minimum absolute atomic E-state index is 0.492. The summed E-state index contributed by atoms with van der Waals surface area (Å²) >= 11 is 0. The first-order valence-electron chi connectivity index (χ1n) is 8.71. The molecule has 0 amide bonds. The molecule has 1 atom stereocenters. The Balaban J connectivity index is 1.62. The van der Waals surface area contributed by atoms with E-state index in [2.05, 4.69) is 38.2 Å². The van der Waals surface area contributed by atoms with Gasteiger partial charge in [0.15, 0.2) is 0 Å². The summed E-state index contributed by atoms with van der Waals surface area (Å²) in [4.78, 5) is 4.87. The standard InChI is InChI=1S/C18H19N7/c1-2-16(12-3-4-12)24-10-14(9-22-24)18-17-5-6-21-25(17)11-15(23-18)13-7-19-20-8-13/h5-12,16H,2-4H2,1H3,(H,19,20)/t16-/m1/s1. The van der Waals surface area contributed by atoms with Gasteiger partial charge in [0.1, 0.15) is 0 Å². The van der Waals surface area contributed by atoms with E-state index in [4.69, 9.17) is 4.98 Å². The van der Waals surface area contributed by atoms with Crippen LogP contribution in [0, 0.1) is 5.92 Å². The van der Waals surface area contributed by atoms with E-state index in [-0.39, 0.29) is 0 Å². The molecule has 0 aromatic carbocycles. The van der Waals surface area contributed by atoms with Gasteiger partial charge in [0, 0.05) is 23.5 Å². The predicted molar refractivity (Wildman–Crippen MR) is 93.8 cm³/mol. The molecule has 4 aromatic heterocycles. The molecule has 25 heavy (non-hydrogen) atoms. The molecule has 1 aliphatic carbocycles. The fourth-order valence-corrected chi connectivity index (χ4v) is 3.53. The molecular formula is C18H19N7. The van der Waals surface area contributed by atoms with E-state index in [1.165, 1.54) is 12.8 Å². The number of nitrogens with one attached hydrogen (secondary N) is 1. The maximum atomic E-state index is 4.87. The highest BCUT2D eigenvalue weighted by molar-refractivity contribution is 5.78. The van der Waals surface area contributed by atoms with Gasteiger partial charge in [0.05, 0.1) is 47.7 Å². The van der Waals surface area contributed by atoms with Crippen LogP contribution in [0.2, 0.25) is 0 Å². The number of aromatic amines is 1. The van der Waals surface area contributed by atoms with Gasteiger partial charge in [0.2, 0.25) is 0 Å². The average Bonchev–Trinajstić information content (AvgIpc) is 3.09. The Hall–Kier alpha value is -2.96. The molecule has 4 aromatic rings. The normalized spacial score (nSPS) is 15.7. The second kappa shape index (κ2) is 5.54. The number of H-pyrrole nitrogens is 1. The van der Waals surface area contributed by atoms with Crippen molar-refractivity contribution in [2.24, 2.45) is 5.92 Å². The van der Waals surface area contributed by atoms with Crippen LogP contribution in [0.15, 0.2) is 43.2 Å². The minimum Gasteiger partial charge on any atom is -0.285 e. The molecule has 126 valence electrons. The molecule has 1 N–H and O–H groups in total. The van der Waals surface area contributed by atoms with Crippen LogP contribution in [0.1, 0.15) is 32.2 Å². The van der Waals surface area contributed by atoms with Crippen molar-refractivity contribution >= 4 is 5.52 Å². The average molecular weight is 333 g/mol. The van der Waals surface area contributed by atoms with Gasteiger partial charge in [-0.3, -0.25) is 9.78 Å². The van der Waals surface area contributed by atoms with Crippen molar-refractivity contribution in [3.63, 3.8) is 0 Å². The Morgan fingerprint density at radius 1 is 1.20 bits per heavy atom. The van der Waals surface area contributed by atoms with Crippen LogP contribution in [0.4, 0.5) is 0 Å². The van der Waals surface area contributed by atoms with Crippen molar-refractivity contribution in [3.8, 4) is 22.5 Å². The molecule has 1 saturated carbocycles. The van der Waals surface area contributed by atoms with E-state index in [9.17, 15) is 0 Å². The van der Waals surface area contributed by atoms with Crippen LogP contribution in [-0.2, 0) is 0 Å². The fourth-order valence-electron chi connectivity index (χ4n) is 3.53. The van der Waals surface area contributed by atoms with Gasteiger partial charge in [-0.15, -0.1) is 0 Å². The van der Waals surface area contributed by atoms with Gasteiger partial charge >= 0.3 is 0 Å². The van der Waals surface area contributed by atoms with Crippen LogP contribution in [0.25, 0.3) is 28.0 Å². The number of aromatic nitrogens is 7. The van der Waals surface area contributed by atoms with Gasteiger partial charge in [-0.2, -0.15) is 15.3 Å². The second-order valence-electron chi connectivity index (χ2n) is 6.64. The largest absolute Gasteiger partial charge is 0.285 e. The van der Waals surface area contributed by atoms with E-state index in [0.29, 0.717) is 6.04 Å². The number of fused-ring (bicyclic) bond motifs is 1. The minimum atomic E-state index is 0.492. The van der Waals surface area contributed by atoms with Crippen molar-refractivity contribution < 1.29 is 0 Å². The quantitative estimate of drug-likeness (QED) is 0.607. The zero-order chi connectivity index (χ0) is 16.8. The van der Waals surface area contributed by atoms with E-state index in [1.54, 1.807) is 12.4 Å². The first-order chi connectivity index (χ1) is 12.3. The lowest BCUT2D eigenvalue weighted by atomic mass is 10.1. The van der Waals surface area contributed by atoms with Crippen molar-refractivity contribution in [1.82, 2.24) is 34.6 Å². The molecular weight excluding hydrogens is 314 g/mol. The Morgan fingerprint density at radius 3 is 2.88 bits per heavy atom. The SMILES string of the molecule is CC[C@H](C1CC1)n1cc(-c2nc(-c3cn[nH]c3)cn3nccc23)cn1. The first-order valence-corrected chi connectivity index (χ1v) is 8.71. The Bertz CT molecular complexity index is 1010. The highest BCUT2D eigenvalue weighted by Gasteiger charge is 2.31. The summed E-state index contributed by atoms with van der Waals surface area (Å²) in [5, 5.41) is 15.9. The molecule has 1 fully saturated rings. The molecule has 0 spiro atoms. The third kappa shape index (κ3) is 2.43. The monoisotopic (exact) mass is 333 g/mol. The van der Waals surface area contributed by atoms with Gasteiger partial charge in [0.25, 0.3) is 0 Å². The lowest BCUT2D eigenvalue weighted by molar-refractivity contribution is 0.394. The number of nitrogens with zero attached hydrogens (tertiary/aromatic N) is 6. The summed E-state index contributed by atoms with van der Waals surface area (Å²) in [6.45, 7) is 2.23. The molecule has 0 radical (unpaired) electrons. The Labute approximate surface area is 144 Å². The lowest BCUT2D eigenvalue weighted by Gasteiger charge is -2.14. The fraction of sp³-hybridized carbons (Fsp3) is 0.333. The van der Waals surface area contributed by atoms with Gasteiger partial charge in [-0.05, 0) is 31.2 Å². The number of rotatable bonds is 5. The zero-order valence-electron chi connectivity index (χ0n) is 14.0. The molecule has 1 aliphatic rings. The van der Waals surface area contributed by atoms with Crippen LogP contribution in [-0.4, -0.2) is 34.6 Å². The summed E-state index contributed by atoms with van der Waals surface area (Å²) in [5.41, 5.74) is 4.67. The maximum absolute atomic E-state index is 4.87. The molecule has 0 unspecified atom stereocenters. The smallest absolute Gasteiger partial charge is 0.0999 e. The summed E-state index contributed by atoms with van der Waals surface area (Å²) in [7, 11) is 0. The van der Waals surface area contributed by atoms with E-state index >= 15 is 0 Å². The van der Waals surface area contributed by atoms with Gasteiger partial charge < -0.3 is 0 Å². The second-order valence-corrected chi connectivity index (χ2v) is 6.64. The van der Waals surface area contributed by atoms with Crippen molar-refractivity contribution in [2.45, 2.75) is 32.2 Å². The number of hydrogen-bond acceptors (Lipinski definition) is 4. The highest BCUT2D eigenvalue weighted by atomic mass is 15.3. The summed E-state index contributed by atoms with van der Waals surface area (Å²) < 4.78 is 3.98. The lowest BCUT2D eigenvalue weighted by Crippen LogP contribution is -2.10. The molecule has 4 heterocycles. The predicted octanol–water partition coefficient (Wildman–Crippen LogP) is 3.34. The maximum Gasteiger partial charge on any atom is 0.0999 e. The van der Waals surface area contributed by atoms with E-state index in [1.807, 2.05) is 29.2 Å². The molecule has 0 aliphatic heterocycles. The summed E-state index contributed by atoms with van der Waals surface area (Å²) in [5.74, 6) is 0.776. The Morgan fingerprint density at radius 2 is 2.12 bits per heavy atom. The third-order valence-electron chi connectivity index (χ3n) is 4.98.